The molecule has 0 spiro atoms. The summed E-state index contributed by atoms with van der Waals surface area (Å²) in [5.41, 5.74) is 1.77. The Labute approximate surface area is 139 Å². The number of carbonyl (C=O) groups excluding carboxylic acids is 2. The van der Waals surface area contributed by atoms with Crippen LogP contribution in [0.25, 0.3) is 0 Å². The van der Waals surface area contributed by atoms with E-state index in [0.717, 1.165) is 5.56 Å². The van der Waals surface area contributed by atoms with E-state index in [1.807, 2.05) is 6.92 Å². The third-order valence-corrected chi connectivity index (χ3v) is 3.50. The molecule has 120 valence electrons. The van der Waals surface area contributed by atoms with Crippen LogP contribution >= 0.6 is 11.6 Å². The second kappa shape index (κ2) is 7.65. The number of aryl methyl sites for hydroxylation is 1. The van der Waals surface area contributed by atoms with Gasteiger partial charge in [0.2, 0.25) is 0 Å². The summed E-state index contributed by atoms with van der Waals surface area (Å²) in [4.78, 5) is 23.7. The highest BCUT2D eigenvalue weighted by atomic mass is 35.5. The molecule has 1 amide bonds. The van der Waals surface area contributed by atoms with E-state index in [1.165, 1.54) is 7.11 Å². The normalized spacial score (nSPS) is 10.0. The lowest BCUT2D eigenvalue weighted by Gasteiger charge is -2.08. The summed E-state index contributed by atoms with van der Waals surface area (Å²) in [6.45, 7) is 1.48. The Morgan fingerprint density at radius 1 is 1.17 bits per heavy atom. The van der Waals surface area contributed by atoms with Crippen LogP contribution in [0.1, 0.15) is 15.9 Å². The zero-order valence-corrected chi connectivity index (χ0v) is 13.5. The molecular weight excluding hydrogens is 318 g/mol. The topological polar surface area (TPSA) is 64.6 Å². The summed E-state index contributed by atoms with van der Waals surface area (Å²) in [6.07, 6.45) is 0. The van der Waals surface area contributed by atoms with Crippen LogP contribution < -0.4 is 10.1 Å². The number of hydrogen-bond acceptors (Lipinski definition) is 4. The van der Waals surface area contributed by atoms with Gasteiger partial charge in [0.1, 0.15) is 5.75 Å². The summed E-state index contributed by atoms with van der Waals surface area (Å²) in [5.74, 6) is -0.500. The first-order chi connectivity index (χ1) is 11.0. The van der Waals surface area contributed by atoms with Crippen LogP contribution in [0.5, 0.6) is 5.75 Å². The van der Waals surface area contributed by atoms with Gasteiger partial charge in [-0.25, -0.2) is 4.79 Å². The maximum Gasteiger partial charge on any atom is 0.338 e. The number of carbonyl (C=O) groups is 2. The number of anilines is 1. The molecule has 0 aromatic heterocycles. The summed E-state index contributed by atoms with van der Waals surface area (Å²) in [5, 5.41) is 3.17. The first-order valence-electron chi connectivity index (χ1n) is 6.87. The van der Waals surface area contributed by atoms with Crippen molar-refractivity contribution in [3.8, 4) is 5.75 Å². The number of hydrogen-bond donors (Lipinski definition) is 1. The number of amides is 1. The molecule has 2 aromatic rings. The van der Waals surface area contributed by atoms with E-state index < -0.39 is 11.9 Å². The van der Waals surface area contributed by atoms with E-state index in [4.69, 9.17) is 21.1 Å². The molecule has 0 heterocycles. The molecule has 5 nitrogen and oxygen atoms in total. The fraction of sp³-hybridized carbons (Fsp3) is 0.176. The molecule has 0 saturated heterocycles. The average molecular weight is 334 g/mol. The molecule has 0 radical (unpaired) electrons. The van der Waals surface area contributed by atoms with Crippen LogP contribution in [0.2, 0.25) is 5.02 Å². The first kappa shape index (κ1) is 16.8. The zero-order chi connectivity index (χ0) is 16.8. The SMILES string of the molecule is COc1cccc(C(=O)OCC(=O)Nc2ccc(C)c(Cl)c2)c1. The molecule has 0 unspecified atom stereocenters. The van der Waals surface area contributed by atoms with E-state index in [2.05, 4.69) is 5.32 Å². The summed E-state index contributed by atoms with van der Waals surface area (Å²) in [7, 11) is 1.50. The molecule has 23 heavy (non-hydrogen) atoms. The van der Waals surface area contributed by atoms with Crippen molar-refractivity contribution in [2.24, 2.45) is 0 Å². The Morgan fingerprint density at radius 3 is 2.65 bits per heavy atom. The third-order valence-electron chi connectivity index (χ3n) is 3.10. The number of esters is 1. The molecule has 0 aliphatic rings. The minimum absolute atomic E-state index is 0.315. The van der Waals surface area contributed by atoms with Crippen LogP contribution in [-0.2, 0) is 9.53 Å². The van der Waals surface area contributed by atoms with Gasteiger partial charge in [-0.2, -0.15) is 0 Å². The lowest BCUT2D eigenvalue weighted by Crippen LogP contribution is -2.21. The Hall–Kier alpha value is -2.53. The molecule has 0 atom stereocenters. The fourth-order valence-corrected chi connectivity index (χ4v) is 2.01. The quantitative estimate of drug-likeness (QED) is 0.851. The Bertz CT molecular complexity index is 730. The van der Waals surface area contributed by atoms with Crippen molar-refractivity contribution in [2.45, 2.75) is 6.92 Å². The number of halogens is 1. The Kier molecular flexibility index (Phi) is 5.60. The van der Waals surface area contributed by atoms with Gasteiger partial charge in [-0.1, -0.05) is 23.7 Å². The highest BCUT2D eigenvalue weighted by molar-refractivity contribution is 6.31. The Balaban J connectivity index is 1.90. The van der Waals surface area contributed by atoms with Gasteiger partial charge in [-0.05, 0) is 42.8 Å². The third kappa shape index (κ3) is 4.72. The van der Waals surface area contributed by atoms with Crippen molar-refractivity contribution >= 4 is 29.2 Å². The van der Waals surface area contributed by atoms with Crippen molar-refractivity contribution in [1.82, 2.24) is 0 Å². The van der Waals surface area contributed by atoms with Gasteiger partial charge in [-0.3, -0.25) is 4.79 Å². The Morgan fingerprint density at radius 2 is 1.96 bits per heavy atom. The molecule has 6 heteroatoms. The van der Waals surface area contributed by atoms with Crippen molar-refractivity contribution < 1.29 is 19.1 Å². The first-order valence-corrected chi connectivity index (χ1v) is 7.24. The van der Waals surface area contributed by atoms with E-state index in [9.17, 15) is 9.59 Å². The molecule has 0 aliphatic heterocycles. The van der Waals surface area contributed by atoms with Crippen molar-refractivity contribution in [3.05, 3.63) is 58.6 Å². The molecule has 0 fully saturated rings. The van der Waals surface area contributed by atoms with E-state index in [0.29, 0.717) is 22.0 Å². The predicted octanol–water partition coefficient (Wildman–Crippen LogP) is 3.45. The second-order valence-electron chi connectivity index (χ2n) is 4.82. The smallest absolute Gasteiger partial charge is 0.338 e. The van der Waals surface area contributed by atoms with Gasteiger partial charge in [0.05, 0.1) is 12.7 Å². The van der Waals surface area contributed by atoms with Crippen LogP contribution in [0.4, 0.5) is 5.69 Å². The number of rotatable bonds is 5. The van der Waals surface area contributed by atoms with E-state index >= 15 is 0 Å². The van der Waals surface area contributed by atoms with Gasteiger partial charge in [0, 0.05) is 10.7 Å². The van der Waals surface area contributed by atoms with Crippen molar-refractivity contribution in [2.75, 3.05) is 19.0 Å². The van der Waals surface area contributed by atoms with Crippen LogP contribution in [0.15, 0.2) is 42.5 Å². The average Bonchev–Trinajstić information content (AvgIpc) is 2.56. The van der Waals surface area contributed by atoms with Crippen LogP contribution in [-0.4, -0.2) is 25.6 Å². The van der Waals surface area contributed by atoms with Crippen LogP contribution in [0, 0.1) is 6.92 Å². The minimum Gasteiger partial charge on any atom is -0.497 e. The molecule has 1 N–H and O–H groups in total. The van der Waals surface area contributed by atoms with Gasteiger partial charge in [0.15, 0.2) is 6.61 Å². The molecule has 0 saturated carbocycles. The number of nitrogens with one attached hydrogen (secondary N) is 1. The monoisotopic (exact) mass is 333 g/mol. The molecule has 2 aromatic carbocycles. The number of ether oxygens (including phenoxy) is 2. The minimum atomic E-state index is -0.596. The van der Waals surface area contributed by atoms with Gasteiger partial charge in [0.25, 0.3) is 5.91 Å². The lowest BCUT2D eigenvalue weighted by atomic mass is 10.2. The largest absolute Gasteiger partial charge is 0.497 e. The van der Waals surface area contributed by atoms with E-state index in [-0.39, 0.29) is 6.61 Å². The second-order valence-corrected chi connectivity index (χ2v) is 5.23. The van der Waals surface area contributed by atoms with Crippen LogP contribution in [0.3, 0.4) is 0 Å². The van der Waals surface area contributed by atoms with Crippen molar-refractivity contribution in [1.29, 1.82) is 0 Å². The standard InChI is InChI=1S/C17H16ClNO4/c1-11-6-7-13(9-15(11)18)19-16(20)10-23-17(21)12-4-3-5-14(8-12)22-2/h3-9H,10H2,1-2H3,(H,19,20). The van der Waals surface area contributed by atoms with Gasteiger partial charge >= 0.3 is 5.97 Å². The van der Waals surface area contributed by atoms with E-state index in [1.54, 1.807) is 42.5 Å². The molecule has 0 aliphatic carbocycles. The van der Waals surface area contributed by atoms with Gasteiger partial charge in [-0.15, -0.1) is 0 Å². The zero-order valence-electron chi connectivity index (χ0n) is 12.8. The molecular formula is C17H16ClNO4. The maximum absolute atomic E-state index is 11.9. The highest BCUT2D eigenvalue weighted by Gasteiger charge is 2.11. The fourth-order valence-electron chi connectivity index (χ4n) is 1.83. The predicted molar refractivity (Wildman–Crippen MR) is 88.1 cm³/mol. The van der Waals surface area contributed by atoms with Gasteiger partial charge < -0.3 is 14.8 Å². The summed E-state index contributed by atoms with van der Waals surface area (Å²) < 4.78 is 10.0. The van der Waals surface area contributed by atoms with Crippen molar-refractivity contribution in [3.63, 3.8) is 0 Å². The highest BCUT2D eigenvalue weighted by Crippen LogP contribution is 2.20. The number of benzene rings is 2. The maximum atomic E-state index is 11.9. The summed E-state index contributed by atoms with van der Waals surface area (Å²) >= 11 is 5.98. The lowest BCUT2D eigenvalue weighted by molar-refractivity contribution is -0.119. The molecule has 2 rings (SSSR count). The number of methoxy groups -OCH3 is 1. The summed E-state index contributed by atoms with van der Waals surface area (Å²) in [6, 6.07) is 11.7. The molecule has 0 bridgehead atoms.